The minimum absolute atomic E-state index is 0.00433. The molecule has 0 radical (unpaired) electrons. The van der Waals surface area contributed by atoms with E-state index in [1.165, 1.54) is 0 Å². The standard InChI is InChI=1S/C14H18N4O3S2/c1-17-8-12(7-16-17)13-10-23(20,21)5-3-18(13)14(19)15-6-11-2-4-22-9-11/h2,4,7-9,13H,3,5-6,10H2,1H3,(H,15,19)/t13-/m0/s1. The van der Waals surface area contributed by atoms with Crippen molar-refractivity contribution in [3.05, 3.63) is 40.3 Å². The van der Waals surface area contributed by atoms with Crippen molar-refractivity contribution in [1.29, 1.82) is 0 Å². The number of urea groups is 1. The van der Waals surface area contributed by atoms with E-state index < -0.39 is 15.9 Å². The molecule has 1 N–H and O–H groups in total. The van der Waals surface area contributed by atoms with Crippen LogP contribution >= 0.6 is 11.3 Å². The van der Waals surface area contributed by atoms with Crippen LogP contribution in [-0.2, 0) is 23.4 Å². The maximum Gasteiger partial charge on any atom is 0.318 e. The van der Waals surface area contributed by atoms with Crippen LogP contribution in [0.1, 0.15) is 17.2 Å². The third-order valence-corrected chi connectivity index (χ3v) is 6.19. The number of amides is 2. The van der Waals surface area contributed by atoms with Crippen LogP contribution in [0.15, 0.2) is 29.2 Å². The lowest BCUT2D eigenvalue weighted by atomic mass is 10.1. The molecule has 0 saturated carbocycles. The quantitative estimate of drug-likeness (QED) is 0.896. The maximum atomic E-state index is 12.5. The van der Waals surface area contributed by atoms with Gasteiger partial charge in [-0.05, 0) is 22.4 Å². The van der Waals surface area contributed by atoms with Crippen LogP contribution in [0.2, 0.25) is 0 Å². The molecule has 2 aromatic heterocycles. The van der Waals surface area contributed by atoms with E-state index in [4.69, 9.17) is 0 Å². The summed E-state index contributed by atoms with van der Waals surface area (Å²) in [5.41, 5.74) is 1.77. The normalized spacial score (nSPS) is 20.4. The Bertz CT molecular complexity index is 783. The van der Waals surface area contributed by atoms with E-state index in [0.29, 0.717) is 6.54 Å². The van der Waals surface area contributed by atoms with Crippen molar-refractivity contribution in [2.45, 2.75) is 12.6 Å². The highest BCUT2D eigenvalue weighted by Crippen LogP contribution is 2.26. The molecule has 0 aliphatic carbocycles. The average molecular weight is 354 g/mol. The summed E-state index contributed by atoms with van der Waals surface area (Å²) in [4.78, 5) is 14.1. The predicted octanol–water partition coefficient (Wildman–Crippen LogP) is 1.16. The Morgan fingerprint density at radius 2 is 2.35 bits per heavy atom. The molecule has 1 atom stereocenters. The van der Waals surface area contributed by atoms with Gasteiger partial charge < -0.3 is 10.2 Å². The molecule has 1 fully saturated rings. The van der Waals surface area contributed by atoms with Gasteiger partial charge in [0.1, 0.15) is 0 Å². The Labute approximate surface area is 138 Å². The molecule has 0 spiro atoms. The van der Waals surface area contributed by atoms with E-state index in [0.717, 1.165) is 11.1 Å². The molecule has 0 unspecified atom stereocenters. The van der Waals surface area contributed by atoms with Crippen molar-refractivity contribution in [1.82, 2.24) is 20.0 Å². The zero-order valence-electron chi connectivity index (χ0n) is 12.7. The van der Waals surface area contributed by atoms with Gasteiger partial charge in [0.15, 0.2) is 9.84 Å². The zero-order chi connectivity index (χ0) is 16.4. The number of carbonyl (C=O) groups is 1. The molecule has 3 heterocycles. The predicted molar refractivity (Wildman–Crippen MR) is 87.9 cm³/mol. The lowest BCUT2D eigenvalue weighted by Crippen LogP contribution is -2.49. The summed E-state index contributed by atoms with van der Waals surface area (Å²) >= 11 is 1.57. The van der Waals surface area contributed by atoms with E-state index in [9.17, 15) is 13.2 Å². The number of thiophene rings is 1. The largest absolute Gasteiger partial charge is 0.334 e. The second kappa shape index (κ2) is 6.32. The average Bonchev–Trinajstić information content (AvgIpc) is 3.15. The number of hydrogen-bond donors (Lipinski definition) is 1. The molecule has 7 nitrogen and oxygen atoms in total. The van der Waals surface area contributed by atoms with Gasteiger partial charge in [0.05, 0.1) is 23.7 Å². The minimum Gasteiger partial charge on any atom is -0.334 e. The van der Waals surface area contributed by atoms with Crippen LogP contribution in [0, 0.1) is 0 Å². The van der Waals surface area contributed by atoms with E-state index in [2.05, 4.69) is 10.4 Å². The summed E-state index contributed by atoms with van der Waals surface area (Å²) in [5, 5.41) is 10.9. The third-order valence-electron chi connectivity index (χ3n) is 3.83. The van der Waals surface area contributed by atoms with Crippen molar-refractivity contribution < 1.29 is 13.2 Å². The Hall–Kier alpha value is -1.87. The summed E-state index contributed by atoms with van der Waals surface area (Å²) in [6, 6.07) is 1.20. The number of aryl methyl sites for hydroxylation is 1. The monoisotopic (exact) mass is 354 g/mol. The fraction of sp³-hybridized carbons (Fsp3) is 0.429. The van der Waals surface area contributed by atoms with E-state index in [-0.39, 0.29) is 24.1 Å². The molecule has 9 heteroatoms. The van der Waals surface area contributed by atoms with Crippen LogP contribution in [0.3, 0.4) is 0 Å². The second-order valence-corrected chi connectivity index (χ2v) is 8.57. The first-order valence-electron chi connectivity index (χ1n) is 7.19. The molecule has 0 aromatic carbocycles. The van der Waals surface area contributed by atoms with Crippen molar-refractivity contribution in [2.75, 3.05) is 18.1 Å². The highest BCUT2D eigenvalue weighted by Gasteiger charge is 2.35. The van der Waals surface area contributed by atoms with Gasteiger partial charge in [-0.1, -0.05) is 0 Å². The van der Waals surface area contributed by atoms with Gasteiger partial charge in [0.2, 0.25) is 0 Å². The highest BCUT2D eigenvalue weighted by atomic mass is 32.2. The Morgan fingerprint density at radius 3 is 3.00 bits per heavy atom. The second-order valence-electron chi connectivity index (χ2n) is 5.56. The molecule has 1 aliphatic rings. The number of nitrogens with zero attached hydrogens (tertiary/aromatic N) is 3. The minimum atomic E-state index is -3.15. The number of nitrogens with one attached hydrogen (secondary N) is 1. The van der Waals surface area contributed by atoms with Crippen LogP contribution in [-0.4, -0.2) is 47.2 Å². The number of carbonyl (C=O) groups excluding carboxylic acids is 1. The number of rotatable bonds is 3. The lowest BCUT2D eigenvalue weighted by Gasteiger charge is -2.34. The topological polar surface area (TPSA) is 84.3 Å². The summed E-state index contributed by atoms with van der Waals surface area (Å²) in [6.07, 6.45) is 3.37. The van der Waals surface area contributed by atoms with Crippen molar-refractivity contribution in [3.63, 3.8) is 0 Å². The molecule has 1 saturated heterocycles. The SMILES string of the molecule is Cn1cc([C@@H]2CS(=O)(=O)CCN2C(=O)NCc2ccsc2)cn1. The van der Waals surface area contributed by atoms with Crippen LogP contribution in [0.25, 0.3) is 0 Å². The van der Waals surface area contributed by atoms with Crippen LogP contribution < -0.4 is 5.32 Å². The molecule has 0 bridgehead atoms. The maximum absolute atomic E-state index is 12.5. The van der Waals surface area contributed by atoms with Gasteiger partial charge in [-0.3, -0.25) is 4.68 Å². The highest BCUT2D eigenvalue weighted by molar-refractivity contribution is 7.91. The molecule has 124 valence electrons. The van der Waals surface area contributed by atoms with E-state index >= 15 is 0 Å². The van der Waals surface area contributed by atoms with Crippen molar-refractivity contribution in [2.24, 2.45) is 7.05 Å². The number of sulfone groups is 1. The molecule has 2 amide bonds. The summed E-state index contributed by atoms with van der Waals surface area (Å²) in [7, 11) is -1.39. The van der Waals surface area contributed by atoms with E-state index in [1.54, 1.807) is 40.4 Å². The first-order valence-corrected chi connectivity index (χ1v) is 9.95. The first kappa shape index (κ1) is 16.0. The molecule has 1 aliphatic heterocycles. The van der Waals surface area contributed by atoms with Gasteiger partial charge in [-0.15, -0.1) is 0 Å². The van der Waals surface area contributed by atoms with Crippen LogP contribution in [0.4, 0.5) is 4.79 Å². The van der Waals surface area contributed by atoms with Gasteiger partial charge in [-0.25, -0.2) is 13.2 Å². The Balaban J connectivity index is 1.76. The third kappa shape index (κ3) is 3.73. The summed E-state index contributed by atoms with van der Waals surface area (Å²) in [5.74, 6) is -0.0692. The Morgan fingerprint density at radius 1 is 1.52 bits per heavy atom. The number of hydrogen-bond acceptors (Lipinski definition) is 5. The molecule has 23 heavy (non-hydrogen) atoms. The lowest BCUT2D eigenvalue weighted by molar-refractivity contribution is 0.180. The van der Waals surface area contributed by atoms with Gasteiger partial charge >= 0.3 is 6.03 Å². The Kier molecular flexibility index (Phi) is 4.40. The number of aromatic nitrogens is 2. The van der Waals surface area contributed by atoms with Crippen LogP contribution in [0.5, 0.6) is 0 Å². The smallest absolute Gasteiger partial charge is 0.318 e. The fourth-order valence-corrected chi connectivity index (χ4v) is 4.77. The fourth-order valence-electron chi connectivity index (χ4n) is 2.61. The first-order chi connectivity index (χ1) is 10.9. The molecule has 3 rings (SSSR count). The van der Waals surface area contributed by atoms with Gasteiger partial charge in [0, 0.05) is 31.9 Å². The van der Waals surface area contributed by atoms with Gasteiger partial charge in [-0.2, -0.15) is 16.4 Å². The zero-order valence-corrected chi connectivity index (χ0v) is 14.3. The van der Waals surface area contributed by atoms with E-state index in [1.807, 2.05) is 16.8 Å². The molecular formula is C14H18N4O3S2. The van der Waals surface area contributed by atoms with Gasteiger partial charge in [0.25, 0.3) is 0 Å². The molecular weight excluding hydrogens is 336 g/mol. The van der Waals surface area contributed by atoms with Crippen molar-refractivity contribution in [3.8, 4) is 0 Å². The summed E-state index contributed by atoms with van der Waals surface area (Å²) in [6.45, 7) is 0.628. The molecule has 2 aromatic rings. The van der Waals surface area contributed by atoms with Crippen molar-refractivity contribution >= 4 is 27.2 Å². The summed E-state index contributed by atoms with van der Waals surface area (Å²) < 4.78 is 25.5.